The van der Waals surface area contributed by atoms with Crippen LogP contribution in [0.2, 0.25) is 5.02 Å². The van der Waals surface area contributed by atoms with Crippen molar-refractivity contribution in [2.75, 3.05) is 6.61 Å². The van der Waals surface area contributed by atoms with E-state index in [9.17, 15) is 19.7 Å². The van der Waals surface area contributed by atoms with Gasteiger partial charge in [-0.1, -0.05) is 65.4 Å². The minimum Gasteiger partial charge on any atom is -0.463 e. The number of allylic oxidation sites excluding steroid dienone is 1. The van der Waals surface area contributed by atoms with E-state index in [2.05, 4.69) is 9.56 Å². The quantitative estimate of drug-likeness (QED) is 0.140. The summed E-state index contributed by atoms with van der Waals surface area (Å²) in [4.78, 5) is 42.9. The number of carbonyl (C=O) groups excluding carboxylic acids is 1. The lowest BCUT2D eigenvalue weighted by molar-refractivity contribution is -0.384. The standard InChI is InChI=1S/C32H25ClN4O5S/c1-3-42-31(39)28-19(2)34-32-36(29(28)21-10-12-23(33)13-11-21)30(38)27(43-32)16-22-18-35(26-7-5-4-6-25(22)26)17-20-8-14-24(15-9-20)37(40)41/h4-16,18,29H,3,17H2,1-2H3/b27-16-/t29-/m0/s1. The van der Waals surface area contributed by atoms with Gasteiger partial charge in [-0.25, -0.2) is 9.79 Å². The highest BCUT2D eigenvalue weighted by Crippen LogP contribution is 2.31. The molecule has 0 saturated heterocycles. The first-order chi connectivity index (χ1) is 20.7. The molecule has 0 bridgehead atoms. The molecule has 0 saturated carbocycles. The van der Waals surface area contributed by atoms with Crippen molar-refractivity contribution in [1.29, 1.82) is 0 Å². The first kappa shape index (κ1) is 28.3. The molecule has 9 nitrogen and oxygen atoms in total. The molecular formula is C32H25ClN4O5S. The summed E-state index contributed by atoms with van der Waals surface area (Å²) >= 11 is 7.41. The Bertz CT molecular complexity index is 2110. The molecule has 0 radical (unpaired) electrons. The molecule has 0 spiro atoms. The second-order valence-corrected chi connectivity index (χ2v) is 11.5. The Balaban J connectivity index is 1.48. The van der Waals surface area contributed by atoms with Crippen LogP contribution in [0.15, 0.2) is 100 Å². The van der Waals surface area contributed by atoms with Gasteiger partial charge in [0.1, 0.15) is 0 Å². The van der Waals surface area contributed by atoms with E-state index in [1.165, 1.54) is 23.5 Å². The maximum Gasteiger partial charge on any atom is 0.338 e. The lowest BCUT2D eigenvalue weighted by Gasteiger charge is -2.24. The van der Waals surface area contributed by atoms with E-state index in [0.717, 1.165) is 22.0 Å². The lowest BCUT2D eigenvalue weighted by Crippen LogP contribution is -2.39. The van der Waals surface area contributed by atoms with E-state index in [1.807, 2.05) is 36.5 Å². The van der Waals surface area contributed by atoms with Crippen LogP contribution >= 0.6 is 22.9 Å². The maximum atomic E-state index is 14.0. The number of carbonyl (C=O) groups is 1. The van der Waals surface area contributed by atoms with Crippen LogP contribution in [-0.2, 0) is 16.1 Å². The molecule has 11 heteroatoms. The number of nitro groups is 1. The highest BCUT2D eigenvalue weighted by molar-refractivity contribution is 7.07. The summed E-state index contributed by atoms with van der Waals surface area (Å²) in [7, 11) is 0. The molecular weight excluding hydrogens is 588 g/mol. The summed E-state index contributed by atoms with van der Waals surface area (Å²) in [6.07, 6.45) is 3.82. The highest BCUT2D eigenvalue weighted by atomic mass is 35.5. The normalized spacial score (nSPS) is 15.0. The Kier molecular flexibility index (Phi) is 7.55. The molecule has 6 rings (SSSR count). The van der Waals surface area contributed by atoms with Gasteiger partial charge in [-0.15, -0.1) is 0 Å². The van der Waals surface area contributed by atoms with Crippen LogP contribution in [0.25, 0.3) is 17.0 Å². The van der Waals surface area contributed by atoms with Crippen LogP contribution < -0.4 is 14.9 Å². The van der Waals surface area contributed by atoms with Gasteiger partial charge in [0.2, 0.25) is 0 Å². The van der Waals surface area contributed by atoms with Crippen molar-refractivity contribution < 1.29 is 14.5 Å². The van der Waals surface area contributed by atoms with E-state index in [-0.39, 0.29) is 17.9 Å². The van der Waals surface area contributed by atoms with Gasteiger partial charge in [0.05, 0.1) is 33.4 Å². The van der Waals surface area contributed by atoms with Crippen molar-refractivity contribution in [2.45, 2.75) is 26.4 Å². The van der Waals surface area contributed by atoms with Gasteiger partial charge in [-0.05, 0) is 49.2 Å². The minimum atomic E-state index is -0.724. The number of aromatic nitrogens is 2. The average molecular weight is 613 g/mol. The third-order valence-corrected chi connectivity index (χ3v) is 8.54. The zero-order chi connectivity index (χ0) is 30.2. The summed E-state index contributed by atoms with van der Waals surface area (Å²) in [5.41, 5.74) is 3.98. The number of para-hydroxylation sites is 1. The molecule has 1 aliphatic heterocycles. The summed E-state index contributed by atoms with van der Waals surface area (Å²) in [6.45, 7) is 4.17. The van der Waals surface area contributed by atoms with Gasteiger partial charge in [0.15, 0.2) is 4.80 Å². The number of ether oxygens (including phenoxy) is 1. The molecule has 0 aliphatic carbocycles. The number of esters is 1. The molecule has 1 atom stereocenters. The molecule has 3 aromatic carbocycles. The van der Waals surface area contributed by atoms with Crippen molar-refractivity contribution in [2.24, 2.45) is 4.99 Å². The van der Waals surface area contributed by atoms with Gasteiger partial charge in [0.25, 0.3) is 11.2 Å². The van der Waals surface area contributed by atoms with Crippen LogP contribution in [0.4, 0.5) is 5.69 Å². The van der Waals surface area contributed by atoms with Crippen LogP contribution in [0.5, 0.6) is 0 Å². The van der Waals surface area contributed by atoms with Crippen LogP contribution in [0.1, 0.15) is 36.6 Å². The summed E-state index contributed by atoms with van der Waals surface area (Å²) < 4.78 is 9.44. The van der Waals surface area contributed by atoms with Gasteiger partial charge in [-0.2, -0.15) is 0 Å². The predicted octanol–water partition coefficient (Wildman–Crippen LogP) is 5.36. The first-order valence-electron chi connectivity index (χ1n) is 13.5. The number of non-ortho nitro benzene ring substituents is 1. The van der Waals surface area contributed by atoms with Crippen LogP contribution in [0.3, 0.4) is 0 Å². The fourth-order valence-electron chi connectivity index (χ4n) is 5.33. The van der Waals surface area contributed by atoms with Gasteiger partial charge in [-0.3, -0.25) is 19.5 Å². The topological polar surface area (TPSA) is 109 Å². The van der Waals surface area contributed by atoms with Crippen molar-refractivity contribution in [3.8, 4) is 0 Å². The Morgan fingerprint density at radius 2 is 1.84 bits per heavy atom. The fraction of sp³-hybridized carbons (Fsp3) is 0.156. The number of nitro benzene ring substituents is 1. The monoisotopic (exact) mass is 612 g/mol. The molecule has 2 aromatic heterocycles. The van der Waals surface area contributed by atoms with E-state index >= 15 is 0 Å². The van der Waals surface area contributed by atoms with Crippen molar-refractivity contribution in [3.05, 3.63) is 142 Å². The third kappa shape index (κ3) is 5.31. The van der Waals surface area contributed by atoms with Gasteiger partial charge in [0, 0.05) is 46.4 Å². The zero-order valence-electron chi connectivity index (χ0n) is 23.2. The van der Waals surface area contributed by atoms with Gasteiger partial charge >= 0.3 is 5.97 Å². The smallest absolute Gasteiger partial charge is 0.338 e. The number of hydrogen-bond acceptors (Lipinski definition) is 7. The Hall–Kier alpha value is -4.80. The Morgan fingerprint density at radius 3 is 2.53 bits per heavy atom. The Morgan fingerprint density at radius 1 is 1.12 bits per heavy atom. The number of thiazole rings is 1. The lowest BCUT2D eigenvalue weighted by atomic mass is 9.96. The zero-order valence-corrected chi connectivity index (χ0v) is 24.8. The second kappa shape index (κ2) is 11.5. The highest BCUT2D eigenvalue weighted by Gasteiger charge is 2.33. The molecule has 216 valence electrons. The van der Waals surface area contributed by atoms with E-state index < -0.39 is 16.9 Å². The number of rotatable bonds is 7. The Labute approximate surface area is 254 Å². The number of nitrogens with zero attached hydrogens (tertiary/aromatic N) is 4. The van der Waals surface area contributed by atoms with Gasteiger partial charge < -0.3 is 9.30 Å². The maximum absolute atomic E-state index is 14.0. The predicted molar refractivity (Wildman–Crippen MR) is 166 cm³/mol. The molecule has 0 N–H and O–H groups in total. The summed E-state index contributed by atoms with van der Waals surface area (Å²) in [5.74, 6) is -0.521. The third-order valence-electron chi connectivity index (χ3n) is 7.31. The van der Waals surface area contributed by atoms with Crippen molar-refractivity contribution >= 4 is 51.6 Å². The fourth-order valence-corrected chi connectivity index (χ4v) is 6.50. The molecule has 43 heavy (non-hydrogen) atoms. The second-order valence-electron chi connectivity index (χ2n) is 10.0. The number of hydrogen-bond donors (Lipinski definition) is 0. The summed E-state index contributed by atoms with van der Waals surface area (Å²) in [5, 5.41) is 12.6. The van der Waals surface area contributed by atoms with E-state index in [1.54, 1.807) is 54.8 Å². The molecule has 1 aliphatic rings. The SMILES string of the molecule is CCOC(=O)C1=C(C)N=c2s/c(=C\c3cn(Cc4ccc([N+](=O)[O-])cc4)c4ccccc34)c(=O)n2[C@H]1c1ccc(Cl)cc1. The van der Waals surface area contributed by atoms with Crippen molar-refractivity contribution in [1.82, 2.24) is 9.13 Å². The van der Waals surface area contributed by atoms with E-state index in [0.29, 0.717) is 37.7 Å². The van der Waals surface area contributed by atoms with E-state index in [4.69, 9.17) is 16.3 Å². The molecule has 0 unspecified atom stereocenters. The number of benzene rings is 3. The van der Waals surface area contributed by atoms with Crippen LogP contribution in [-0.4, -0.2) is 26.6 Å². The largest absolute Gasteiger partial charge is 0.463 e. The minimum absolute atomic E-state index is 0.0374. The molecule has 3 heterocycles. The molecule has 0 fully saturated rings. The van der Waals surface area contributed by atoms with Crippen LogP contribution in [0, 0.1) is 10.1 Å². The number of fused-ring (bicyclic) bond motifs is 2. The molecule has 5 aromatic rings. The number of halogens is 1. The molecule has 0 amide bonds. The summed E-state index contributed by atoms with van der Waals surface area (Å²) in [6, 6.07) is 20.7. The first-order valence-corrected chi connectivity index (χ1v) is 14.7. The average Bonchev–Trinajstić information content (AvgIpc) is 3.49. The van der Waals surface area contributed by atoms with Crippen molar-refractivity contribution in [3.63, 3.8) is 0 Å².